The van der Waals surface area contributed by atoms with E-state index in [-0.39, 0.29) is 12.5 Å². The molecule has 23 heavy (non-hydrogen) atoms. The van der Waals surface area contributed by atoms with Crippen LogP contribution in [0.5, 0.6) is 5.75 Å². The highest BCUT2D eigenvalue weighted by Crippen LogP contribution is 2.32. The normalized spacial score (nSPS) is 10.5. The summed E-state index contributed by atoms with van der Waals surface area (Å²) in [4.78, 5) is 12.2. The fourth-order valence-corrected chi connectivity index (χ4v) is 4.12. The maximum Gasteiger partial charge on any atom is 0.262 e. The van der Waals surface area contributed by atoms with Gasteiger partial charge in [-0.25, -0.2) is 0 Å². The van der Waals surface area contributed by atoms with E-state index in [9.17, 15) is 4.79 Å². The first kappa shape index (κ1) is 18.0. The molecule has 2 aromatic carbocycles. The van der Waals surface area contributed by atoms with E-state index in [1.54, 1.807) is 0 Å². The van der Waals surface area contributed by atoms with Gasteiger partial charge in [-0.05, 0) is 72.4 Å². The Morgan fingerprint density at radius 3 is 2.17 bits per heavy atom. The molecule has 0 fully saturated rings. The smallest absolute Gasteiger partial charge is 0.262 e. The average Bonchev–Trinajstić information content (AvgIpc) is 2.41. The van der Waals surface area contributed by atoms with Gasteiger partial charge in [0.1, 0.15) is 5.75 Å². The second-order valence-corrected chi connectivity index (χ2v) is 7.41. The molecule has 0 atom stereocenters. The van der Waals surface area contributed by atoms with Crippen molar-refractivity contribution in [3.05, 3.63) is 55.5 Å². The van der Waals surface area contributed by atoms with Crippen LogP contribution in [0.25, 0.3) is 0 Å². The van der Waals surface area contributed by atoms with Crippen LogP contribution < -0.4 is 10.1 Å². The van der Waals surface area contributed by atoms with Crippen LogP contribution in [-0.4, -0.2) is 12.5 Å². The summed E-state index contributed by atoms with van der Waals surface area (Å²) >= 11 is 6.89. The van der Waals surface area contributed by atoms with Crippen molar-refractivity contribution >= 4 is 43.5 Å². The Kier molecular flexibility index (Phi) is 5.87. The Bertz CT molecular complexity index is 711. The molecule has 0 aliphatic carbocycles. The highest BCUT2D eigenvalue weighted by molar-refractivity contribution is 9.11. The highest BCUT2D eigenvalue weighted by Gasteiger charge is 2.12. The van der Waals surface area contributed by atoms with Crippen LogP contribution in [0.3, 0.4) is 0 Å². The molecule has 0 bridgehead atoms. The van der Waals surface area contributed by atoms with Gasteiger partial charge < -0.3 is 10.1 Å². The molecular formula is C18H19Br2NO2. The summed E-state index contributed by atoms with van der Waals surface area (Å²) in [6.45, 7) is 7.94. The van der Waals surface area contributed by atoms with Crippen LogP contribution in [-0.2, 0) is 4.79 Å². The Hall–Kier alpha value is -1.33. The van der Waals surface area contributed by atoms with Gasteiger partial charge in [-0.3, -0.25) is 4.79 Å². The molecule has 1 N–H and O–H groups in total. The van der Waals surface area contributed by atoms with Crippen molar-refractivity contribution in [3.63, 3.8) is 0 Å². The SMILES string of the molecule is Cc1cc(C)c(NC(=O)COc2c(C)cc(Br)cc2Br)c(C)c1. The second kappa shape index (κ2) is 7.49. The predicted octanol–water partition coefficient (Wildman–Crippen LogP) is 5.46. The van der Waals surface area contributed by atoms with E-state index in [1.807, 2.05) is 39.8 Å². The molecule has 1 amide bonds. The fraction of sp³-hybridized carbons (Fsp3) is 0.278. The number of carbonyl (C=O) groups is 1. The molecule has 0 spiro atoms. The van der Waals surface area contributed by atoms with Crippen molar-refractivity contribution in [3.8, 4) is 5.75 Å². The van der Waals surface area contributed by atoms with Crippen molar-refractivity contribution in [2.24, 2.45) is 0 Å². The predicted molar refractivity (Wildman–Crippen MR) is 101 cm³/mol. The maximum absolute atomic E-state index is 12.2. The van der Waals surface area contributed by atoms with Gasteiger partial charge in [0.25, 0.3) is 5.91 Å². The summed E-state index contributed by atoms with van der Waals surface area (Å²) in [7, 11) is 0. The average molecular weight is 441 g/mol. The van der Waals surface area contributed by atoms with Crippen LogP contribution in [0.15, 0.2) is 33.2 Å². The lowest BCUT2D eigenvalue weighted by atomic mass is 10.1. The van der Waals surface area contributed by atoms with Gasteiger partial charge in [-0.1, -0.05) is 33.6 Å². The summed E-state index contributed by atoms with van der Waals surface area (Å²) in [5, 5.41) is 2.94. The molecule has 0 saturated heterocycles. The van der Waals surface area contributed by atoms with Crippen LogP contribution >= 0.6 is 31.9 Å². The number of carbonyl (C=O) groups excluding carboxylic acids is 1. The Labute approximate surface area is 153 Å². The van der Waals surface area contributed by atoms with Crippen LogP contribution in [0.4, 0.5) is 5.69 Å². The van der Waals surface area contributed by atoms with E-state index in [4.69, 9.17) is 4.74 Å². The molecule has 2 rings (SSSR count). The number of hydrogen-bond acceptors (Lipinski definition) is 2. The number of nitrogens with one attached hydrogen (secondary N) is 1. The number of amides is 1. The molecule has 0 aromatic heterocycles. The van der Waals surface area contributed by atoms with Crippen molar-refractivity contribution in [1.29, 1.82) is 0 Å². The van der Waals surface area contributed by atoms with Gasteiger partial charge in [0.05, 0.1) is 4.47 Å². The third kappa shape index (κ3) is 4.58. The van der Waals surface area contributed by atoms with Gasteiger partial charge in [0, 0.05) is 10.2 Å². The number of halogens is 2. The Balaban J connectivity index is 2.07. The van der Waals surface area contributed by atoms with Gasteiger partial charge in [-0.15, -0.1) is 0 Å². The molecule has 5 heteroatoms. The van der Waals surface area contributed by atoms with Crippen molar-refractivity contribution in [2.45, 2.75) is 27.7 Å². The molecular weight excluding hydrogens is 422 g/mol. The van der Waals surface area contributed by atoms with E-state index in [0.717, 1.165) is 31.3 Å². The van der Waals surface area contributed by atoms with Crippen molar-refractivity contribution < 1.29 is 9.53 Å². The van der Waals surface area contributed by atoms with Crippen molar-refractivity contribution in [2.75, 3.05) is 11.9 Å². The first-order valence-electron chi connectivity index (χ1n) is 7.24. The summed E-state index contributed by atoms with van der Waals surface area (Å²) < 4.78 is 7.46. The molecule has 0 aliphatic heterocycles. The minimum absolute atomic E-state index is 0.0339. The third-order valence-corrected chi connectivity index (χ3v) is 4.53. The minimum Gasteiger partial charge on any atom is -0.482 e. The molecule has 2 aromatic rings. The molecule has 0 radical (unpaired) electrons. The number of hydrogen-bond donors (Lipinski definition) is 1. The van der Waals surface area contributed by atoms with E-state index >= 15 is 0 Å². The van der Waals surface area contributed by atoms with Crippen molar-refractivity contribution in [1.82, 2.24) is 0 Å². The topological polar surface area (TPSA) is 38.3 Å². The quantitative estimate of drug-likeness (QED) is 0.685. The largest absolute Gasteiger partial charge is 0.482 e. The van der Waals surface area contributed by atoms with Gasteiger partial charge in [0.2, 0.25) is 0 Å². The zero-order valence-corrected chi connectivity index (χ0v) is 16.8. The number of rotatable bonds is 4. The Morgan fingerprint density at radius 1 is 1.00 bits per heavy atom. The molecule has 3 nitrogen and oxygen atoms in total. The van der Waals surface area contributed by atoms with E-state index in [2.05, 4.69) is 49.3 Å². The molecule has 0 unspecified atom stereocenters. The molecule has 0 aliphatic rings. The third-order valence-electron chi connectivity index (χ3n) is 3.48. The van der Waals surface area contributed by atoms with E-state index in [1.165, 1.54) is 5.56 Å². The van der Waals surface area contributed by atoms with Gasteiger partial charge >= 0.3 is 0 Å². The summed E-state index contributed by atoms with van der Waals surface area (Å²) in [6, 6.07) is 7.96. The molecule has 0 heterocycles. The first-order valence-corrected chi connectivity index (χ1v) is 8.82. The number of aryl methyl sites for hydroxylation is 4. The lowest BCUT2D eigenvalue weighted by Crippen LogP contribution is -2.21. The fourth-order valence-electron chi connectivity index (χ4n) is 2.56. The van der Waals surface area contributed by atoms with Crippen LogP contribution in [0, 0.1) is 27.7 Å². The highest BCUT2D eigenvalue weighted by atomic mass is 79.9. The lowest BCUT2D eigenvalue weighted by molar-refractivity contribution is -0.118. The lowest BCUT2D eigenvalue weighted by Gasteiger charge is -2.15. The van der Waals surface area contributed by atoms with Gasteiger partial charge in [0.15, 0.2) is 6.61 Å². The van der Waals surface area contributed by atoms with E-state index < -0.39 is 0 Å². The summed E-state index contributed by atoms with van der Waals surface area (Å²) in [6.07, 6.45) is 0. The monoisotopic (exact) mass is 439 g/mol. The number of ether oxygens (including phenoxy) is 1. The molecule has 0 saturated carbocycles. The number of benzene rings is 2. The summed E-state index contributed by atoms with van der Waals surface area (Å²) in [5.41, 5.74) is 5.11. The summed E-state index contributed by atoms with van der Waals surface area (Å²) in [5.74, 6) is 0.509. The van der Waals surface area contributed by atoms with Crippen LogP contribution in [0.1, 0.15) is 22.3 Å². The maximum atomic E-state index is 12.2. The first-order chi connectivity index (χ1) is 10.8. The standard InChI is InChI=1S/C18H19Br2NO2/c1-10-5-11(2)17(12(3)6-10)21-16(22)9-23-18-13(4)7-14(19)8-15(18)20/h5-8H,9H2,1-4H3,(H,21,22). The zero-order valence-electron chi connectivity index (χ0n) is 13.6. The van der Waals surface area contributed by atoms with Crippen LogP contribution in [0.2, 0.25) is 0 Å². The zero-order chi connectivity index (χ0) is 17.1. The minimum atomic E-state index is -0.172. The Morgan fingerprint density at radius 2 is 1.61 bits per heavy atom. The van der Waals surface area contributed by atoms with E-state index in [0.29, 0.717) is 5.75 Å². The van der Waals surface area contributed by atoms with Gasteiger partial charge in [-0.2, -0.15) is 0 Å². The second-order valence-electron chi connectivity index (χ2n) is 5.64. The molecule has 122 valence electrons. The number of anilines is 1.